The zero-order valence-corrected chi connectivity index (χ0v) is 14.6. The van der Waals surface area contributed by atoms with Gasteiger partial charge in [0, 0.05) is 28.8 Å². The van der Waals surface area contributed by atoms with E-state index in [1.807, 2.05) is 0 Å². The SMILES string of the molecule is CC1=C(C(=O)O)C(C)(c2csc3c([N+](=O)[O-])cccc23)C(C(=O)O)C=N1. The Morgan fingerprint density at radius 3 is 2.62 bits per heavy atom. The summed E-state index contributed by atoms with van der Waals surface area (Å²) in [4.78, 5) is 38.5. The molecule has 0 bridgehead atoms. The maximum Gasteiger partial charge on any atom is 0.334 e. The summed E-state index contributed by atoms with van der Waals surface area (Å²) in [5.41, 5.74) is -1.01. The maximum absolute atomic E-state index is 11.9. The molecule has 2 N–H and O–H groups in total. The average molecular weight is 374 g/mol. The van der Waals surface area contributed by atoms with Gasteiger partial charge in [-0.3, -0.25) is 19.9 Å². The van der Waals surface area contributed by atoms with E-state index in [4.69, 9.17) is 0 Å². The van der Waals surface area contributed by atoms with Gasteiger partial charge < -0.3 is 10.2 Å². The second kappa shape index (κ2) is 6.03. The fourth-order valence-corrected chi connectivity index (χ4v) is 4.68. The molecule has 0 fully saturated rings. The van der Waals surface area contributed by atoms with Crippen LogP contribution in [0.25, 0.3) is 10.1 Å². The number of non-ortho nitro benzene ring substituents is 1. The van der Waals surface area contributed by atoms with E-state index in [1.54, 1.807) is 11.4 Å². The number of aliphatic imine (C=N–C) groups is 1. The Hall–Kier alpha value is -3.07. The molecule has 8 nitrogen and oxygen atoms in total. The Balaban J connectivity index is 2.38. The Labute approximate surface area is 151 Å². The zero-order chi connectivity index (χ0) is 19.2. The van der Waals surface area contributed by atoms with E-state index in [1.165, 1.54) is 32.2 Å². The molecule has 0 saturated carbocycles. The Bertz CT molecular complexity index is 1020. The average Bonchev–Trinajstić information content (AvgIpc) is 2.98. The minimum absolute atomic E-state index is 0.101. The molecule has 0 spiro atoms. The van der Waals surface area contributed by atoms with E-state index >= 15 is 0 Å². The number of fused-ring (bicyclic) bond motifs is 1. The number of nitrogens with zero attached hydrogens (tertiary/aromatic N) is 2. The summed E-state index contributed by atoms with van der Waals surface area (Å²) < 4.78 is 0.378. The lowest BCUT2D eigenvalue weighted by Gasteiger charge is -2.37. The number of nitro groups is 1. The number of nitro benzene ring substituents is 1. The molecule has 0 amide bonds. The molecule has 2 atom stereocenters. The summed E-state index contributed by atoms with van der Waals surface area (Å²) in [5.74, 6) is -3.69. The first kappa shape index (κ1) is 17.7. The van der Waals surface area contributed by atoms with E-state index in [0.29, 0.717) is 15.6 Å². The molecule has 1 aromatic carbocycles. The van der Waals surface area contributed by atoms with E-state index in [9.17, 15) is 29.9 Å². The molecule has 26 heavy (non-hydrogen) atoms. The fourth-order valence-electron chi connectivity index (χ4n) is 3.51. The molecule has 0 radical (unpaired) electrons. The summed E-state index contributed by atoms with van der Waals surface area (Å²) in [7, 11) is 0. The van der Waals surface area contributed by atoms with Crippen LogP contribution in [0.1, 0.15) is 19.4 Å². The van der Waals surface area contributed by atoms with Gasteiger partial charge in [-0.1, -0.05) is 12.1 Å². The van der Waals surface area contributed by atoms with Gasteiger partial charge in [0.15, 0.2) is 0 Å². The first-order valence-electron chi connectivity index (χ1n) is 7.56. The smallest absolute Gasteiger partial charge is 0.334 e. The van der Waals surface area contributed by atoms with Crippen LogP contribution in [0, 0.1) is 16.0 Å². The van der Waals surface area contributed by atoms with E-state index in [0.717, 1.165) is 11.3 Å². The van der Waals surface area contributed by atoms with Gasteiger partial charge in [0.2, 0.25) is 0 Å². The molecule has 9 heteroatoms. The van der Waals surface area contributed by atoms with Crippen molar-refractivity contribution in [2.75, 3.05) is 0 Å². The highest BCUT2D eigenvalue weighted by atomic mass is 32.1. The summed E-state index contributed by atoms with van der Waals surface area (Å²) >= 11 is 1.10. The van der Waals surface area contributed by atoms with Gasteiger partial charge in [-0.2, -0.15) is 0 Å². The Kier molecular flexibility index (Phi) is 4.11. The molecular weight excluding hydrogens is 360 g/mol. The molecule has 134 valence electrons. The third-order valence-corrected chi connectivity index (χ3v) is 5.75. The van der Waals surface area contributed by atoms with Crippen molar-refractivity contribution in [2.45, 2.75) is 19.3 Å². The molecule has 0 aliphatic carbocycles. The highest BCUT2D eigenvalue weighted by Crippen LogP contribution is 2.48. The van der Waals surface area contributed by atoms with E-state index in [-0.39, 0.29) is 17.0 Å². The van der Waals surface area contributed by atoms with Crippen molar-refractivity contribution < 1.29 is 24.7 Å². The lowest BCUT2D eigenvalue weighted by molar-refractivity contribution is -0.382. The topological polar surface area (TPSA) is 130 Å². The second-order valence-corrected chi connectivity index (χ2v) is 7.00. The summed E-state index contributed by atoms with van der Waals surface area (Å²) in [6.07, 6.45) is 1.23. The van der Waals surface area contributed by atoms with Crippen LogP contribution in [0.2, 0.25) is 0 Å². The molecule has 1 aliphatic rings. The lowest BCUT2D eigenvalue weighted by Crippen LogP contribution is -2.44. The predicted molar refractivity (Wildman–Crippen MR) is 95.8 cm³/mol. The number of hydrogen-bond acceptors (Lipinski definition) is 6. The number of thiophene rings is 1. The third kappa shape index (κ3) is 2.39. The van der Waals surface area contributed by atoms with Crippen molar-refractivity contribution in [1.82, 2.24) is 0 Å². The molecule has 1 aliphatic heterocycles. The summed E-state index contributed by atoms with van der Waals surface area (Å²) in [6.45, 7) is 3.04. The van der Waals surface area contributed by atoms with Crippen LogP contribution in [0.5, 0.6) is 0 Å². The largest absolute Gasteiger partial charge is 0.481 e. The van der Waals surface area contributed by atoms with Crippen LogP contribution in [-0.2, 0) is 15.0 Å². The Morgan fingerprint density at radius 1 is 1.35 bits per heavy atom. The number of aliphatic carboxylic acids is 2. The quantitative estimate of drug-likeness (QED) is 0.624. The van der Waals surface area contributed by atoms with Crippen molar-refractivity contribution in [3.8, 4) is 0 Å². The van der Waals surface area contributed by atoms with Gasteiger partial charge in [0.05, 0.1) is 10.5 Å². The number of carboxylic acids is 2. The van der Waals surface area contributed by atoms with Crippen LogP contribution in [0.3, 0.4) is 0 Å². The molecule has 1 aromatic heterocycles. The van der Waals surface area contributed by atoms with Crippen LogP contribution in [0.15, 0.2) is 39.8 Å². The van der Waals surface area contributed by atoms with Crippen molar-refractivity contribution in [2.24, 2.45) is 10.9 Å². The van der Waals surface area contributed by atoms with Crippen LogP contribution in [-0.4, -0.2) is 33.3 Å². The highest BCUT2D eigenvalue weighted by molar-refractivity contribution is 7.18. The first-order valence-corrected chi connectivity index (χ1v) is 8.44. The monoisotopic (exact) mass is 374 g/mol. The van der Waals surface area contributed by atoms with Gasteiger partial charge >= 0.3 is 11.9 Å². The molecule has 2 aromatic rings. The normalized spacial score (nSPS) is 22.6. The fraction of sp³-hybridized carbons (Fsp3) is 0.235. The number of benzene rings is 1. The van der Waals surface area contributed by atoms with Crippen molar-refractivity contribution >= 4 is 45.3 Å². The lowest BCUT2D eigenvalue weighted by atomic mass is 9.65. The van der Waals surface area contributed by atoms with Gasteiger partial charge in [-0.05, 0) is 24.8 Å². The van der Waals surface area contributed by atoms with Crippen molar-refractivity contribution in [3.63, 3.8) is 0 Å². The van der Waals surface area contributed by atoms with Crippen LogP contribution >= 0.6 is 11.3 Å². The van der Waals surface area contributed by atoms with Crippen molar-refractivity contribution in [1.29, 1.82) is 0 Å². The number of allylic oxidation sites excluding steroid dienone is 1. The zero-order valence-electron chi connectivity index (χ0n) is 13.8. The number of hydrogen-bond donors (Lipinski definition) is 2. The minimum atomic E-state index is -1.42. The van der Waals surface area contributed by atoms with Crippen molar-refractivity contribution in [3.05, 3.63) is 50.5 Å². The number of carbonyl (C=O) groups is 2. The van der Waals surface area contributed by atoms with Gasteiger partial charge in [0.1, 0.15) is 10.6 Å². The Morgan fingerprint density at radius 2 is 2.04 bits per heavy atom. The second-order valence-electron chi connectivity index (χ2n) is 6.12. The summed E-state index contributed by atoms with van der Waals surface area (Å²) in [5, 5.41) is 32.7. The van der Waals surface area contributed by atoms with Gasteiger partial charge in [0.25, 0.3) is 5.69 Å². The first-order chi connectivity index (χ1) is 12.2. The predicted octanol–water partition coefficient (Wildman–Crippen LogP) is 3.21. The number of rotatable bonds is 4. The van der Waals surface area contributed by atoms with Crippen LogP contribution in [0.4, 0.5) is 5.69 Å². The van der Waals surface area contributed by atoms with Gasteiger partial charge in [-0.25, -0.2) is 4.79 Å². The summed E-state index contributed by atoms with van der Waals surface area (Å²) in [6, 6.07) is 4.50. The third-order valence-electron chi connectivity index (χ3n) is 4.74. The van der Waals surface area contributed by atoms with E-state index < -0.39 is 28.2 Å². The molecule has 2 unspecified atom stereocenters. The highest BCUT2D eigenvalue weighted by Gasteiger charge is 2.49. The maximum atomic E-state index is 11.9. The molecule has 2 heterocycles. The van der Waals surface area contributed by atoms with Gasteiger partial charge in [-0.15, -0.1) is 11.3 Å². The minimum Gasteiger partial charge on any atom is -0.481 e. The van der Waals surface area contributed by atoms with E-state index in [2.05, 4.69) is 4.99 Å². The molecule has 3 rings (SSSR count). The molecule has 0 saturated heterocycles. The standard InChI is InChI=1S/C17H14N2O6S/c1-8-13(16(22)23)17(2,10(6-18-8)15(20)21)11-7-26-14-9(11)4-3-5-12(14)19(24)25/h3-7,10H,1-2H3,(H,20,21)(H,22,23). The number of carboxylic acid groups (broad SMARTS) is 2. The van der Waals surface area contributed by atoms with Crippen LogP contribution < -0.4 is 0 Å². The molecular formula is C17H14N2O6S.